The van der Waals surface area contributed by atoms with Gasteiger partial charge in [-0.15, -0.1) is 0 Å². The van der Waals surface area contributed by atoms with Crippen LogP contribution in [0.15, 0.2) is 47.0 Å². The molecule has 0 saturated carbocycles. The molecule has 2 aromatic carbocycles. The number of phenolic OH excluding ortho intramolecular Hbond substituents is 2. The van der Waals surface area contributed by atoms with Gasteiger partial charge in [0.25, 0.3) is 0 Å². The summed E-state index contributed by atoms with van der Waals surface area (Å²) in [4.78, 5) is 0. The molecule has 1 heterocycles. The van der Waals surface area contributed by atoms with Crippen molar-refractivity contribution in [1.82, 2.24) is 5.16 Å². The van der Waals surface area contributed by atoms with E-state index in [0.29, 0.717) is 5.75 Å². The summed E-state index contributed by atoms with van der Waals surface area (Å²) in [6, 6.07) is 12.5. The molecule has 0 aliphatic carbocycles. The molecule has 0 radical (unpaired) electrons. The van der Waals surface area contributed by atoms with Crippen LogP contribution in [-0.2, 0) is 12.8 Å². The molecule has 2 N–H and O–H groups in total. The van der Waals surface area contributed by atoms with E-state index in [-0.39, 0.29) is 5.75 Å². The second-order valence-electron chi connectivity index (χ2n) is 6.19. The lowest BCUT2D eigenvalue weighted by Crippen LogP contribution is -1.90. The third-order valence-corrected chi connectivity index (χ3v) is 4.42. The average molecular weight is 337 g/mol. The van der Waals surface area contributed by atoms with E-state index in [1.807, 2.05) is 24.3 Å². The first-order valence-electron chi connectivity index (χ1n) is 8.74. The summed E-state index contributed by atoms with van der Waals surface area (Å²) in [6.07, 6.45) is 3.74. The fourth-order valence-corrected chi connectivity index (χ4v) is 3.00. The maximum absolute atomic E-state index is 10.1. The average Bonchev–Trinajstić information content (AvgIpc) is 3.05. The van der Waals surface area contributed by atoms with Gasteiger partial charge < -0.3 is 14.7 Å². The highest BCUT2D eigenvalue weighted by Crippen LogP contribution is 2.35. The zero-order chi connectivity index (χ0) is 17.8. The van der Waals surface area contributed by atoms with Crippen molar-refractivity contribution in [2.24, 2.45) is 0 Å². The van der Waals surface area contributed by atoms with E-state index < -0.39 is 0 Å². The highest BCUT2D eigenvalue weighted by atomic mass is 16.5. The number of benzene rings is 2. The maximum atomic E-state index is 10.1. The Morgan fingerprint density at radius 3 is 2.36 bits per heavy atom. The van der Waals surface area contributed by atoms with E-state index in [4.69, 9.17) is 4.52 Å². The van der Waals surface area contributed by atoms with Gasteiger partial charge in [0.2, 0.25) is 0 Å². The molecule has 3 aromatic rings. The van der Waals surface area contributed by atoms with Crippen molar-refractivity contribution in [2.45, 2.75) is 39.5 Å². The van der Waals surface area contributed by atoms with Gasteiger partial charge in [0, 0.05) is 16.7 Å². The Morgan fingerprint density at radius 1 is 0.960 bits per heavy atom. The molecule has 0 amide bonds. The molecule has 0 aliphatic rings. The standard InChI is InChI=1S/C21H23NO3/c1-3-5-6-15-13-16(9-12-19(15)24)21-18(4-2)20(22-25-21)14-7-10-17(23)11-8-14/h7-13,23-24H,3-6H2,1-2H3. The number of rotatable bonds is 6. The molecule has 130 valence electrons. The first-order chi connectivity index (χ1) is 12.1. The lowest BCUT2D eigenvalue weighted by atomic mass is 9.98. The minimum Gasteiger partial charge on any atom is -0.508 e. The summed E-state index contributed by atoms with van der Waals surface area (Å²) in [6.45, 7) is 4.20. The van der Waals surface area contributed by atoms with E-state index in [9.17, 15) is 10.2 Å². The first kappa shape index (κ1) is 17.1. The molecule has 0 saturated heterocycles. The molecule has 25 heavy (non-hydrogen) atoms. The van der Waals surface area contributed by atoms with Crippen LogP contribution in [0, 0.1) is 0 Å². The Balaban J connectivity index is 2.02. The van der Waals surface area contributed by atoms with Gasteiger partial charge in [-0.1, -0.05) is 25.4 Å². The fourth-order valence-electron chi connectivity index (χ4n) is 3.00. The summed E-state index contributed by atoms with van der Waals surface area (Å²) in [5, 5.41) is 23.8. The number of nitrogens with zero attached hydrogens (tertiary/aromatic N) is 1. The Morgan fingerprint density at radius 2 is 1.68 bits per heavy atom. The molecule has 0 unspecified atom stereocenters. The smallest absolute Gasteiger partial charge is 0.170 e. The normalized spacial score (nSPS) is 11.0. The minimum absolute atomic E-state index is 0.226. The Kier molecular flexibility index (Phi) is 5.08. The fraction of sp³-hybridized carbons (Fsp3) is 0.286. The van der Waals surface area contributed by atoms with Crippen molar-refractivity contribution in [1.29, 1.82) is 0 Å². The third-order valence-electron chi connectivity index (χ3n) is 4.42. The molecule has 0 bridgehead atoms. The third kappa shape index (κ3) is 3.53. The number of unbranched alkanes of at least 4 members (excludes halogenated alkanes) is 1. The number of phenols is 2. The molecular weight excluding hydrogens is 314 g/mol. The van der Waals surface area contributed by atoms with Crippen molar-refractivity contribution < 1.29 is 14.7 Å². The lowest BCUT2D eigenvalue weighted by molar-refractivity contribution is 0.433. The number of aryl methyl sites for hydroxylation is 1. The summed E-state index contributed by atoms with van der Waals surface area (Å²) in [7, 11) is 0. The van der Waals surface area contributed by atoms with Crippen LogP contribution in [0.2, 0.25) is 0 Å². The van der Waals surface area contributed by atoms with Crippen LogP contribution in [0.4, 0.5) is 0 Å². The maximum Gasteiger partial charge on any atom is 0.170 e. The second kappa shape index (κ2) is 7.43. The van der Waals surface area contributed by atoms with Crippen LogP contribution >= 0.6 is 0 Å². The monoisotopic (exact) mass is 337 g/mol. The number of hydrogen-bond acceptors (Lipinski definition) is 4. The zero-order valence-electron chi connectivity index (χ0n) is 14.6. The highest BCUT2D eigenvalue weighted by molar-refractivity contribution is 5.73. The van der Waals surface area contributed by atoms with Gasteiger partial charge in [-0.2, -0.15) is 0 Å². The van der Waals surface area contributed by atoms with Crippen LogP contribution in [0.25, 0.3) is 22.6 Å². The SMILES string of the molecule is CCCCc1cc(-c2onc(-c3ccc(O)cc3)c2CC)ccc1O. The van der Waals surface area contributed by atoms with Crippen molar-refractivity contribution in [3.63, 3.8) is 0 Å². The highest BCUT2D eigenvalue weighted by Gasteiger charge is 2.18. The van der Waals surface area contributed by atoms with Crippen LogP contribution in [0.5, 0.6) is 11.5 Å². The van der Waals surface area contributed by atoms with Crippen LogP contribution in [-0.4, -0.2) is 15.4 Å². The topological polar surface area (TPSA) is 66.5 Å². The molecule has 3 rings (SSSR count). The quantitative estimate of drug-likeness (QED) is 0.638. The van der Waals surface area contributed by atoms with Gasteiger partial charge in [0.15, 0.2) is 5.76 Å². The van der Waals surface area contributed by atoms with Gasteiger partial charge in [0.05, 0.1) is 0 Å². The molecular formula is C21H23NO3. The molecule has 1 aromatic heterocycles. The van der Waals surface area contributed by atoms with Gasteiger partial charge in [-0.3, -0.25) is 0 Å². The zero-order valence-corrected chi connectivity index (χ0v) is 14.6. The number of aromatic hydroxyl groups is 2. The number of hydrogen-bond donors (Lipinski definition) is 2. The first-order valence-corrected chi connectivity index (χ1v) is 8.74. The van der Waals surface area contributed by atoms with Crippen LogP contribution in [0.3, 0.4) is 0 Å². The van der Waals surface area contributed by atoms with E-state index in [1.54, 1.807) is 18.2 Å². The van der Waals surface area contributed by atoms with Gasteiger partial charge >= 0.3 is 0 Å². The Bertz CT molecular complexity index is 850. The van der Waals surface area contributed by atoms with E-state index in [1.165, 1.54) is 0 Å². The summed E-state index contributed by atoms with van der Waals surface area (Å²) < 4.78 is 5.66. The molecule has 0 fully saturated rings. The van der Waals surface area contributed by atoms with Crippen LogP contribution in [0.1, 0.15) is 37.8 Å². The van der Waals surface area contributed by atoms with Crippen molar-refractivity contribution >= 4 is 0 Å². The molecule has 0 aliphatic heterocycles. The predicted octanol–water partition coefficient (Wildman–Crippen LogP) is 5.32. The molecule has 0 spiro atoms. The van der Waals surface area contributed by atoms with Crippen LogP contribution < -0.4 is 0 Å². The number of aromatic nitrogens is 1. The van der Waals surface area contributed by atoms with Crippen molar-refractivity contribution in [3.8, 4) is 34.1 Å². The van der Waals surface area contributed by atoms with Crippen molar-refractivity contribution in [2.75, 3.05) is 0 Å². The van der Waals surface area contributed by atoms with Crippen molar-refractivity contribution in [3.05, 3.63) is 53.6 Å². The summed E-state index contributed by atoms with van der Waals surface area (Å²) in [5.41, 5.74) is 4.59. The Labute approximate surface area is 147 Å². The summed E-state index contributed by atoms with van der Waals surface area (Å²) >= 11 is 0. The van der Waals surface area contributed by atoms with E-state index in [0.717, 1.165) is 59.4 Å². The molecule has 4 heteroatoms. The van der Waals surface area contributed by atoms with Gasteiger partial charge in [-0.25, -0.2) is 0 Å². The Hall–Kier alpha value is -2.75. The largest absolute Gasteiger partial charge is 0.508 e. The predicted molar refractivity (Wildman–Crippen MR) is 98.7 cm³/mol. The lowest BCUT2D eigenvalue weighted by Gasteiger charge is -2.07. The van der Waals surface area contributed by atoms with E-state index >= 15 is 0 Å². The molecule has 0 atom stereocenters. The van der Waals surface area contributed by atoms with E-state index in [2.05, 4.69) is 19.0 Å². The minimum atomic E-state index is 0.226. The second-order valence-corrected chi connectivity index (χ2v) is 6.19. The van der Waals surface area contributed by atoms with Gasteiger partial charge in [-0.05, 0) is 67.3 Å². The summed E-state index contributed by atoms with van der Waals surface area (Å²) in [5.74, 6) is 1.29. The van der Waals surface area contributed by atoms with Gasteiger partial charge in [0.1, 0.15) is 17.2 Å². The molecule has 4 nitrogen and oxygen atoms in total.